The van der Waals surface area contributed by atoms with Gasteiger partial charge in [0.05, 0.1) is 6.54 Å². The fourth-order valence-corrected chi connectivity index (χ4v) is 2.56. The molecule has 2 heterocycles. The molecule has 1 aliphatic heterocycles. The number of hydrogen-bond acceptors (Lipinski definition) is 3. The maximum absolute atomic E-state index is 4.24. The molecule has 1 N–H and O–H groups in total. The monoisotopic (exact) mass is 236 g/mol. The molecule has 4 nitrogen and oxygen atoms in total. The van der Waals surface area contributed by atoms with Gasteiger partial charge in [0.25, 0.3) is 0 Å². The summed E-state index contributed by atoms with van der Waals surface area (Å²) < 4.78 is 2.00. The van der Waals surface area contributed by atoms with Gasteiger partial charge < -0.3 is 10.2 Å². The van der Waals surface area contributed by atoms with Gasteiger partial charge in [0, 0.05) is 24.5 Å². The van der Waals surface area contributed by atoms with E-state index in [4.69, 9.17) is 0 Å². The summed E-state index contributed by atoms with van der Waals surface area (Å²) in [6.45, 7) is 9.11. The number of nitrogens with one attached hydrogen (secondary N) is 1. The minimum absolute atomic E-state index is 0.494. The van der Waals surface area contributed by atoms with Crippen LogP contribution in [0.25, 0.3) is 0 Å². The molecule has 0 spiro atoms. The molecule has 1 aromatic heterocycles. The number of piperidine rings is 1. The maximum Gasteiger partial charge on any atom is 0.0560 e. The van der Waals surface area contributed by atoms with Crippen molar-refractivity contribution in [3.63, 3.8) is 0 Å². The highest BCUT2D eigenvalue weighted by Gasteiger charge is 2.19. The molecule has 0 amide bonds. The zero-order valence-corrected chi connectivity index (χ0v) is 11.0. The Kier molecular flexibility index (Phi) is 4.57. The van der Waals surface area contributed by atoms with E-state index in [1.54, 1.807) is 0 Å². The lowest BCUT2D eigenvalue weighted by atomic mass is 10.0. The summed E-state index contributed by atoms with van der Waals surface area (Å²) in [5, 5.41) is 7.96. The van der Waals surface area contributed by atoms with Crippen LogP contribution in [-0.2, 0) is 6.54 Å². The third-order valence-electron chi connectivity index (χ3n) is 3.58. The average Bonchev–Trinajstić information content (AvgIpc) is 2.82. The van der Waals surface area contributed by atoms with Gasteiger partial charge in [-0.3, -0.25) is 4.68 Å². The summed E-state index contributed by atoms with van der Waals surface area (Å²) in [4.78, 5) is 2.52. The van der Waals surface area contributed by atoms with Crippen LogP contribution in [0.15, 0.2) is 18.5 Å². The van der Waals surface area contributed by atoms with E-state index in [2.05, 4.69) is 29.2 Å². The zero-order valence-electron chi connectivity index (χ0n) is 11.0. The topological polar surface area (TPSA) is 33.1 Å². The maximum atomic E-state index is 4.24. The van der Waals surface area contributed by atoms with Crippen LogP contribution in [0, 0.1) is 0 Å². The van der Waals surface area contributed by atoms with Gasteiger partial charge in [-0.1, -0.05) is 6.92 Å². The highest BCUT2D eigenvalue weighted by atomic mass is 15.3. The van der Waals surface area contributed by atoms with Crippen molar-refractivity contribution in [2.24, 2.45) is 0 Å². The Morgan fingerprint density at radius 1 is 1.41 bits per heavy atom. The Bertz CT molecular complexity index is 301. The van der Waals surface area contributed by atoms with E-state index in [9.17, 15) is 0 Å². The summed E-state index contributed by atoms with van der Waals surface area (Å²) in [6, 6.07) is 3.16. The third kappa shape index (κ3) is 3.82. The molecule has 0 bridgehead atoms. The Hall–Kier alpha value is -0.870. The fourth-order valence-electron chi connectivity index (χ4n) is 2.56. The molecule has 17 heavy (non-hydrogen) atoms. The lowest BCUT2D eigenvalue weighted by Gasteiger charge is -2.33. The molecule has 96 valence electrons. The van der Waals surface area contributed by atoms with E-state index >= 15 is 0 Å². The smallest absolute Gasteiger partial charge is 0.0560 e. The first-order chi connectivity index (χ1) is 8.28. The standard InChI is InChI=1S/C13H24N4/c1-3-16-9-5-13(6-10-16)15-12(2)11-17-8-4-7-14-17/h4,7-8,12-13,15H,3,5-6,9-11H2,1-2H3. The lowest BCUT2D eigenvalue weighted by Crippen LogP contribution is -2.46. The first kappa shape index (κ1) is 12.6. The van der Waals surface area contributed by atoms with Gasteiger partial charge in [0.1, 0.15) is 0 Å². The van der Waals surface area contributed by atoms with Crippen molar-refractivity contribution in [3.05, 3.63) is 18.5 Å². The molecule has 1 fully saturated rings. The van der Waals surface area contributed by atoms with E-state index < -0.39 is 0 Å². The summed E-state index contributed by atoms with van der Waals surface area (Å²) in [5.41, 5.74) is 0. The predicted octanol–water partition coefficient (Wildman–Crippen LogP) is 1.35. The molecular formula is C13H24N4. The number of rotatable bonds is 5. The second-order valence-corrected chi connectivity index (χ2v) is 5.00. The van der Waals surface area contributed by atoms with Crippen LogP contribution in [-0.4, -0.2) is 46.4 Å². The van der Waals surface area contributed by atoms with Crippen LogP contribution in [0.2, 0.25) is 0 Å². The van der Waals surface area contributed by atoms with Crippen molar-refractivity contribution in [3.8, 4) is 0 Å². The first-order valence-electron chi connectivity index (χ1n) is 6.73. The highest BCUT2D eigenvalue weighted by Crippen LogP contribution is 2.10. The van der Waals surface area contributed by atoms with E-state index in [1.807, 2.05) is 23.1 Å². The third-order valence-corrected chi connectivity index (χ3v) is 3.58. The molecular weight excluding hydrogens is 212 g/mol. The largest absolute Gasteiger partial charge is 0.310 e. The zero-order chi connectivity index (χ0) is 12.1. The molecule has 2 rings (SSSR count). The van der Waals surface area contributed by atoms with E-state index in [0.717, 1.165) is 6.54 Å². The molecule has 1 saturated heterocycles. The van der Waals surface area contributed by atoms with E-state index in [1.165, 1.54) is 32.5 Å². The SMILES string of the molecule is CCN1CCC(NC(C)Cn2cccn2)CC1. The molecule has 0 aliphatic carbocycles. The molecule has 0 saturated carbocycles. The van der Waals surface area contributed by atoms with Crippen LogP contribution in [0.4, 0.5) is 0 Å². The second kappa shape index (κ2) is 6.17. The Balaban J connectivity index is 1.70. The van der Waals surface area contributed by atoms with Crippen LogP contribution in [0.1, 0.15) is 26.7 Å². The molecule has 1 atom stereocenters. The molecule has 1 unspecified atom stereocenters. The summed E-state index contributed by atoms with van der Waals surface area (Å²) in [6.07, 6.45) is 6.42. The number of likely N-dealkylation sites (tertiary alicyclic amines) is 1. The Morgan fingerprint density at radius 3 is 2.76 bits per heavy atom. The van der Waals surface area contributed by atoms with Crippen molar-refractivity contribution in [1.29, 1.82) is 0 Å². The molecule has 1 aromatic rings. The number of aromatic nitrogens is 2. The van der Waals surface area contributed by atoms with Gasteiger partial charge in [-0.15, -0.1) is 0 Å². The molecule has 0 aromatic carbocycles. The van der Waals surface area contributed by atoms with Gasteiger partial charge in [-0.2, -0.15) is 5.10 Å². The van der Waals surface area contributed by atoms with Crippen molar-refractivity contribution >= 4 is 0 Å². The normalized spacial score (nSPS) is 20.6. The second-order valence-electron chi connectivity index (χ2n) is 5.00. The Labute approximate surface area is 104 Å². The van der Waals surface area contributed by atoms with Crippen molar-refractivity contribution in [2.75, 3.05) is 19.6 Å². The van der Waals surface area contributed by atoms with Gasteiger partial charge in [-0.05, 0) is 45.5 Å². The van der Waals surface area contributed by atoms with Crippen LogP contribution in [0.3, 0.4) is 0 Å². The minimum Gasteiger partial charge on any atom is -0.310 e. The highest BCUT2D eigenvalue weighted by molar-refractivity contribution is 4.82. The van der Waals surface area contributed by atoms with Gasteiger partial charge >= 0.3 is 0 Å². The number of hydrogen-bond donors (Lipinski definition) is 1. The van der Waals surface area contributed by atoms with Gasteiger partial charge in [0.15, 0.2) is 0 Å². The number of nitrogens with zero attached hydrogens (tertiary/aromatic N) is 3. The quantitative estimate of drug-likeness (QED) is 0.837. The first-order valence-corrected chi connectivity index (χ1v) is 6.73. The van der Waals surface area contributed by atoms with Crippen molar-refractivity contribution in [2.45, 2.75) is 45.3 Å². The van der Waals surface area contributed by atoms with Crippen LogP contribution in [0.5, 0.6) is 0 Å². The summed E-state index contributed by atoms with van der Waals surface area (Å²) in [7, 11) is 0. The minimum atomic E-state index is 0.494. The summed E-state index contributed by atoms with van der Waals surface area (Å²) >= 11 is 0. The Morgan fingerprint density at radius 2 is 2.18 bits per heavy atom. The van der Waals surface area contributed by atoms with Crippen molar-refractivity contribution in [1.82, 2.24) is 20.0 Å². The molecule has 1 aliphatic rings. The predicted molar refractivity (Wildman–Crippen MR) is 70.0 cm³/mol. The van der Waals surface area contributed by atoms with E-state index in [-0.39, 0.29) is 0 Å². The average molecular weight is 236 g/mol. The lowest BCUT2D eigenvalue weighted by molar-refractivity contribution is 0.197. The van der Waals surface area contributed by atoms with Gasteiger partial charge in [-0.25, -0.2) is 0 Å². The molecule has 0 radical (unpaired) electrons. The van der Waals surface area contributed by atoms with Gasteiger partial charge in [0.2, 0.25) is 0 Å². The fraction of sp³-hybridized carbons (Fsp3) is 0.769. The van der Waals surface area contributed by atoms with Crippen molar-refractivity contribution < 1.29 is 0 Å². The van der Waals surface area contributed by atoms with E-state index in [0.29, 0.717) is 12.1 Å². The van der Waals surface area contributed by atoms with Crippen LogP contribution < -0.4 is 5.32 Å². The van der Waals surface area contributed by atoms with Crippen LogP contribution >= 0.6 is 0 Å². The summed E-state index contributed by atoms with van der Waals surface area (Å²) in [5.74, 6) is 0. The molecule has 4 heteroatoms.